The van der Waals surface area contributed by atoms with Crippen molar-refractivity contribution in [2.24, 2.45) is 0 Å². The molecule has 184 valence electrons. The minimum atomic E-state index is -0.573. The summed E-state index contributed by atoms with van der Waals surface area (Å²) in [5, 5.41) is 3.95. The second-order valence-electron chi connectivity index (χ2n) is 7.78. The van der Waals surface area contributed by atoms with Crippen LogP contribution in [0, 0.1) is 0 Å². The summed E-state index contributed by atoms with van der Waals surface area (Å²) in [5.74, 6) is 0.948. The van der Waals surface area contributed by atoms with Crippen LogP contribution in [0.1, 0.15) is 37.4 Å². The van der Waals surface area contributed by atoms with E-state index < -0.39 is 18.2 Å². The van der Waals surface area contributed by atoms with Gasteiger partial charge in [0, 0.05) is 34.1 Å². The fourth-order valence-corrected chi connectivity index (χ4v) is 4.56. The van der Waals surface area contributed by atoms with Gasteiger partial charge in [-0.05, 0) is 50.1 Å². The Balaban J connectivity index is 1.77. The highest BCUT2D eigenvalue weighted by Gasteiger charge is 2.37. The molecule has 1 N–H and O–H groups in total. The minimum absolute atomic E-state index is 0.151. The molecular formula is C24H28Cl2N2O6. The molecule has 8 nitrogen and oxygen atoms in total. The molecule has 0 fully saturated rings. The maximum absolute atomic E-state index is 12.7. The minimum Gasteiger partial charge on any atom is -0.493 e. The normalized spacial score (nSPS) is 16.9. The zero-order valence-corrected chi connectivity index (χ0v) is 21.0. The fraction of sp³-hybridized carbons (Fsp3) is 0.417. The van der Waals surface area contributed by atoms with Gasteiger partial charge >= 0.3 is 12.2 Å². The van der Waals surface area contributed by atoms with Crippen molar-refractivity contribution in [1.82, 2.24) is 5.32 Å². The van der Waals surface area contributed by atoms with Crippen molar-refractivity contribution in [1.29, 1.82) is 0 Å². The number of nitrogens with one attached hydrogen (secondary N) is 1. The summed E-state index contributed by atoms with van der Waals surface area (Å²) in [7, 11) is 3.04. The van der Waals surface area contributed by atoms with Crippen molar-refractivity contribution in [2.45, 2.75) is 38.8 Å². The molecule has 0 aromatic heterocycles. The van der Waals surface area contributed by atoms with Crippen LogP contribution >= 0.6 is 23.2 Å². The fourth-order valence-electron chi connectivity index (χ4n) is 3.99. The summed E-state index contributed by atoms with van der Waals surface area (Å²) >= 11 is 12.0. The van der Waals surface area contributed by atoms with E-state index in [1.807, 2.05) is 6.92 Å². The van der Waals surface area contributed by atoms with Crippen LogP contribution in [-0.2, 0) is 15.9 Å². The highest BCUT2D eigenvalue weighted by atomic mass is 35.5. The number of benzene rings is 2. The predicted molar refractivity (Wildman–Crippen MR) is 131 cm³/mol. The molecule has 1 aliphatic rings. The van der Waals surface area contributed by atoms with E-state index in [0.717, 1.165) is 5.56 Å². The number of nitrogens with zero attached hydrogens (tertiary/aromatic N) is 1. The Hall–Kier alpha value is -2.84. The topological polar surface area (TPSA) is 86.3 Å². The lowest BCUT2D eigenvalue weighted by atomic mass is 9.91. The monoisotopic (exact) mass is 510 g/mol. The Kier molecular flexibility index (Phi) is 8.74. The van der Waals surface area contributed by atoms with Gasteiger partial charge in [-0.15, -0.1) is 0 Å². The van der Waals surface area contributed by atoms with Crippen molar-refractivity contribution in [3.8, 4) is 11.5 Å². The zero-order valence-electron chi connectivity index (χ0n) is 19.5. The van der Waals surface area contributed by atoms with Crippen molar-refractivity contribution in [2.75, 3.05) is 32.3 Å². The van der Waals surface area contributed by atoms with Crippen molar-refractivity contribution >= 4 is 41.1 Å². The number of fused-ring (bicyclic) bond motifs is 1. The quantitative estimate of drug-likeness (QED) is 0.508. The Labute approximate surface area is 209 Å². The number of rotatable bonds is 7. The molecule has 2 aromatic carbocycles. The van der Waals surface area contributed by atoms with Crippen LogP contribution in [-0.4, -0.2) is 45.7 Å². The van der Waals surface area contributed by atoms with Crippen molar-refractivity contribution < 1.29 is 28.5 Å². The number of hydrogen-bond donors (Lipinski definition) is 1. The molecule has 3 rings (SSSR count). The van der Waals surface area contributed by atoms with Crippen LogP contribution < -0.4 is 19.7 Å². The molecule has 2 aromatic rings. The molecular weight excluding hydrogens is 483 g/mol. The second-order valence-corrected chi connectivity index (χ2v) is 8.65. The van der Waals surface area contributed by atoms with Gasteiger partial charge in [-0.1, -0.05) is 23.2 Å². The second kappa shape index (κ2) is 11.5. The number of halogens is 2. The van der Waals surface area contributed by atoms with Crippen LogP contribution in [0.25, 0.3) is 0 Å². The van der Waals surface area contributed by atoms with Gasteiger partial charge in [0.1, 0.15) is 0 Å². The summed E-state index contributed by atoms with van der Waals surface area (Å²) in [6.07, 6.45) is -0.117. The number of hydrogen-bond acceptors (Lipinski definition) is 6. The number of ether oxygens (including phenoxy) is 4. The lowest BCUT2D eigenvalue weighted by Gasteiger charge is -2.39. The summed E-state index contributed by atoms with van der Waals surface area (Å²) in [6.45, 7) is 4.04. The predicted octanol–water partition coefficient (Wildman–Crippen LogP) is 5.78. The van der Waals surface area contributed by atoms with E-state index in [1.165, 1.54) is 14.2 Å². The number of carbonyl (C=O) groups is 2. The molecule has 0 saturated carbocycles. The van der Waals surface area contributed by atoms with Gasteiger partial charge in [0.05, 0.1) is 39.2 Å². The average Bonchev–Trinajstić information content (AvgIpc) is 2.77. The SMILES string of the molecule is CCOC(=O)N1c2cc(OC)c(OC)cc2[C@@H](NC(=O)OCCc2cc(Cl)cc(Cl)c2)C[C@H]1C. The first-order valence-corrected chi connectivity index (χ1v) is 11.6. The summed E-state index contributed by atoms with van der Waals surface area (Å²) in [4.78, 5) is 26.8. The van der Waals surface area contributed by atoms with E-state index in [9.17, 15) is 9.59 Å². The first-order chi connectivity index (χ1) is 16.3. The Morgan fingerprint density at radius 3 is 2.29 bits per heavy atom. The van der Waals surface area contributed by atoms with Crippen molar-refractivity contribution in [3.05, 3.63) is 51.5 Å². The van der Waals surface area contributed by atoms with Gasteiger partial charge < -0.3 is 24.3 Å². The first-order valence-electron chi connectivity index (χ1n) is 10.9. The highest BCUT2D eigenvalue weighted by molar-refractivity contribution is 6.34. The molecule has 34 heavy (non-hydrogen) atoms. The molecule has 0 spiro atoms. The van der Waals surface area contributed by atoms with Gasteiger partial charge in [0.2, 0.25) is 0 Å². The van der Waals surface area contributed by atoms with Crippen molar-refractivity contribution in [3.63, 3.8) is 0 Å². The maximum Gasteiger partial charge on any atom is 0.414 e. The molecule has 1 heterocycles. The molecule has 2 atom stereocenters. The Morgan fingerprint density at radius 1 is 1.03 bits per heavy atom. The number of alkyl carbamates (subject to hydrolysis) is 1. The summed E-state index contributed by atoms with van der Waals surface area (Å²) in [5.41, 5.74) is 2.14. The molecule has 0 bridgehead atoms. The van der Waals surface area contributed by atoms with Crippen LogP contribution in [0.4, 0.5) is 15.3 Å². The average molecular weight is 511 g/mol. The smallest absolute Gasteiger partial charge is 0.414 e. The third-order valence-electron chi connectivity index (χ3n) is 5.49. The van der Waals surface area contributed by atoms with Crippen LogP contribution in [0.2, 0.25) is 10.0 Å². The largest absolute Gasteiger partial charge is 0.493 e. The summed E-state index contributed by atoms with van der Waals surface area (Å²) < 4.78 is 21.5. The number of carbonyl (C=O) groups excluding carboxylic acids is 2. The first kappa shape index (κ1) is 25.8. The van der Waals surface area contributed by atoms with E-state index in [0.29, 0.717) is 45.6 Å². The van der Waals surface area contributed by atoms with E-state index in [-0.39, 0.29) is 19.3 Å². The third kappa shape index (κ3) is 5.98. The molecule has 0 radical (unpaired) electrons. The zero-order chi connectivity index (χ0) is 24.8. The van der Waals surface area contributed by atoms with Gasteiger partial charge in [0.15, 0.2) is 11.5 Å². The van der Waals surface area contributed by atoms with Crippen LogP contribution in [0.5, 0.6) is 11.5 Å². The van der Waals surface area contributed by atoms with Gasteiger partial charge in [-0.3, -0.25) is 4.90 Å². The maximum atomic E-state index is 12.7. The van der Waals surface area contributed by atoms with E-state index >= 15 is 0 Å². The highest BCUT2D eigenvalue weighted by Crippen LogP contribution is 2.43. The molecule has 0 saturated heterocycles. The van der Waals surface area contributed by atoms with Gasteiger partial charge in [-0.2, -0.15) is 0 Å². The Bertz CT molecular complexity index is 1030. The van der Waals surface area contributed by atoms with E-state index in [1.54, 1.807) is 42.2 Å². The molecule has 0 unspecified atom stereocenters. The third-order valence-corrected chi connectivity index (χ3v) is 5.92. The number of anilines is 1. The van der Waals surface area contributed by atoms with Gasteiger partial charge in [0.25, 0.3) is 0 Å². The van der Waals surface area contributed by atoms with Gasteiger partial charge in [-0.25, -0.2) is 9.59 Å². The number of amides is 2. The molecule has 1 aliphatic heterocycles. The van der Waals surface area contributed by atoms with E-state index in [4.69, 9.17) is 42.1 Å². The molecule has 2 amide bonds. The number of methoxy groups -OCH3 is 2. The summed E-state index contributed by atoms with van der Waals surface area (Å²) in [6, 6.07) is 8.00. The molecule has 10 heteroatoms. The standard InChI is InChI=1S/C24H28Cl2N2O6/c1-5-33-24(30)28-14(2)8-19(18-12-21(31-3)22(32-4)13-20(18)28)27-23(29)34-7-6-15-9-16(25)11-17(26)10-15/h9-14,19H,5-8H2,1-4H3,(H,27,29)/t14-,19+/m1/s1. The Morgan fingerprint density at radius 2 is 1.68 bits per heavy atom. The van der Waals surface area contributed by atoms with E-state index in [2.05, 4.69) is 5.32 Å². The lowest BCUT2D eigenvalue weighted by molar-refractivity contribution is 0.141. The van der Waals surface area contributed by atoms with Crippen LogP contribution in [0.15, 0.2) is 30.3 Å². The molecule has 0 aliphatic carbocycles. The van der Waals surface area contributed by atoms with Crippen LogP contribution in [0.3, 0.4) is 0 Å². The lowest BCUT2D eigenvalue weighted by Crippen LogP contribution is -2.46.